The molecule has 0 spiro atoms. The van der Waals surface area contributed by atoms with Gasteiger partial charge in [-0.25, -0.2) is 0 Å². The minimum absolute atomic E-state index is 0.000528. The van der Waals surface area contributed by atoms with Crippen molar-refractivity contribution in [3.8, 4) is 0 Å². The van der Waals surface area contributed by atoms with Gasteiger partial charge in [0.05, 0.1) is 12.6 Å². The van der Waals surface area contributed by atoms with Gasteiger partial charge in [-0.1, -0.05) is 13.8 Å². The zero-order chi connectivity index (χ0) is 13.7. The lowest BCUT2D eigenvalue weighted by Crippen LogP contribution is -2.48. The maximum absolute atomic E-state index is 11.6. The van der Waals surface area contributed by atoms with Crippen LogP contribution in [-0.4, -0.2) is 55.5 Å². The lowest BCUT2D eigenvalue weighted by Gasteiger charge is -2.16. The van der Waals surface area contributed by atoms with Gasteiger partial charge < -0.3 is 21.3 Å². The molecule has 6 nitrogen and oxygen atoms in total. The van der Waals surface area contributed by atoms with Crippen LogP contribution in [0, 0.1) is 5.92 Å². The first-order chi connectivity index (χ1) is 8.40. The van der Waals surface area contributed by atoms with Crippen LogP contribution in [0.4, 0.5) is 0 Å². The van der Waals surface area contributed by atoms with Gasteiger partial charge in [0.25, 0.3) is 0 Å². The van der Waals surface area contributed by atoms with Crippen LogP contribution in [0.5, 0.6) is 0 Å². The molecule has 2 atom stereocenters. The molecule has 1 saturated heterocycles. The highest BCUT2D eigenvalue weighted by Crippen LogP contribution is 2.05. The highest BCUT2D eigenvalue weighted by molar-refractivity contribution is 5.87. The third-order valence-electron chi connectivity index (χ3n) is 3.20. The monoisotopic (exact) mass is 256 g/mol. The molecule has 2 amide bonds. The van der Waals surface area contributed by atoms with Crippen molar-refractivity contribution in [2.75, 3.05) is 26.7 Å². The van der Waals surface area contributed by atoms with Crippen LogP contribution in [0.15, 0.2) is 0 Å². The van der Waals surface area contributed by atoms with E-state index in [1.165, 1.54) is 0 Å². The predicted molar refractivity (Wildman–Crippen MR) is 69.9 cm³/mol. The summed E-state index contributed by atoms with van der Waals surface area (Å²) in [4.78, 5) is 25.3. The van der Waals surface area contributed by atoms with Gasteiger partial charge in [0.1, 0.15) is 0 Å². The van der Waals surface area contributed by atoms with E-state index >= 15 is 0 Å². The van der Waals surface area contributed by atoms with Gasteiger partial charge in [-0.2, -0.15) is 0 Å². The molecule has 0 aromatic rings. The number of likely N-dealkylation sites (tertiary alicyclic amines) is 1. The van der Waals surface area contributed by atoms with Gasteiger partial charge in [-0.05, 0) is 25.9 Å². The number of nitrogens with one attached hydrogen (secondary N) is 2. The minimum Gasteiger partial charge on any atom is -0.350 e. The number of amides is 2. The van der Waals surface area contributed by atoms with Crippen molar-refractivity contribution in [3.63, 3.8) is 0 Å². The van der Waals surface area contributed by atoms with Crippen LogP contribution in [-0.2, 0) is 9.59 Å². The second-order valence-corrected chi connectivity index (χ2v) is 5.30. The summed E-state index contributed by atoms with van der Waals surface area (Å²) in [5, 5.41) is 5.46. The number of hydrogen-bond donors (Lipinski definition) is 3. The quantitative estimate of drug-likeness (QED) is 0.583. The molecule has 1 unspecified atom stereocenters. The van der Waals surface area contributed by atoms with Gasteiger partial charge in [-0.3, -0.25) is 9.59 Å². The summed E-state index contributed by atoms with van der Waals surface area (Å²) in [7, 11) is 2.02. The standard InChI is InChI=1S/C12H24N4O2/c1-8(2)11(13)12(18)14-6-10(17)15-9-4-5-16(3)7-9/h8-9,11H,4-7,13H2,1-3H3,(H,14,18)(H,15,17)/t9?,11-/m0/s1. The Kier molecular flexibility index (Phi) is 5.55. The van der Waals surface area contributed by atoms with E-state index in [4.69, 9.17) is 5.73 Å². The zero-order valence-corrected chi connectivity index (χ0v) is 11.4. The van der Waals surface area contributed by atoms with E-state index in [0.29, 0.717) is 0 Å². The Morgan fingerprint density at radius 2 is 2.11 bits per heavy atom. The van der Waals surface area contributed by atoms with E-state index in [-0.39, 0.29) is 30.3 Å². The van der Waals surface area contributed by atoms with E-state index in [1.54, 1.807) is 0 Å². The van der Waals surface area contributed by atoms with E-state index in [9.17, 15) is 9.59 Å². The Labute approximate surface area is 108 Å². The van der Waals surface area contributed by atoms with Crippen LogP contribution in [0.2, 0.25) is 0 Å². The number of carbonyl (C=O) groups is 2. The molecule has 6 heteroatoms. The first-order valence-electron chi connectivity index (χ1n) is 6.41. The molecular formula is C12H24N4O2. The Balaban J connectivity index is 2.23. The van der Waals surface area contributed by atoms with E-state index in [1.807, 2.05) is 20.9 Å². The molecule has 0 aromatic heterocycles. The smallest absolute Gasteiger partial charge is 0.239 e. The molecular weight excluding hydrogens is 232 g/mol. The summed E-state index contributed by atoms with van der Waals surface area (Å²) < 4.78 is 0. The minimum atomic E-state index is -0.560. The normalized spacial score (nSPS) is 21.9. The number of nitrogens with zero attached hydrogens (tertiary/aromatic N) is 1. The van der Waals surface area contributed by atoms with Crippen LogP contribution in [0.1, 0.15) is 20.3 Å². The Morgan fingerprint density at radius 3 is 2.61 bits per heavy atom. The van der Waals surface area contributed by atoms with Crippen molar-refractivity contribution in [1.82, 2.24) is 15.5 Å². The van der Waals surface area contributed by atoms with Gasteiger partial charge >= 0.3 is 0 Å². The second kappa shape index (κ2) is 6.70. The highest BCUT2D eigenvalue weighted by Gasteiger charge is 2.22. The molecule has 0 saturated carbocycles. The van der Waals surface area contributed by atoms with Crippen LogP contribution in [0.3, 0.4) is 0 Å². The van der Waals surface area contributed by atoms with E-state index in [2.05, 4.69) is 15.5 Å². The molecule has 0 aromatic carbocycles. The Bertz CT molecular complexity index is 306. The molecule has 1 heterocycles. The Morgan fingerprint density at radius 1 is 1.44 bits per heavy atom. The fraction of sp³-hybridized carbons (Fsp3) is 0.833. The van der Waals surface area contributed by atoms with E-state index < -0.39 is 6.04 Å². The summed E-state index contributed by atoms with van der Waals surface area (Å²) in [6.45, 7) is 5.61. The van der Waals surface area contributed by atoms with E-state index in [0.717, 1.165) is 19.5 Å². The molecule has 104 valence electrons. The predicted octanol–water partition coefficient (Wildman–Crippen LogP) is -1.09. The maximum Gasteiger partial charge on any atom is 0.239 e. The van der Waals surface area contributed by atoms with Crippen LogP contribution < -0.4 is 16.4 Å². The first kappa shape index (κ1) is 14.9. The number of likely N-dealkylation sites (N-methyl/N-ethyl adjacent to an activating group) is 1. The van der Waals surface area contributed by atoms with Crippen molar-refractivity contribution >= 4 is 11.8 Å². The average Bonchev–Trinajstić information content (AvgIpc) is 2.70. The molecule has 1 aliphatic rings. The Hall–Kier alpha value is -1.14. The summed E-state index contributed by atoms with van der Waals surface area (Å²) in [6.07, 6.45) is 0.960. The lowest BCUT2D eigenvalue weighted by molar-refractivity contribution is -0.127. The fourth-order valence-electron chi connectivity index (χ4n) is 1.92. The molecule has 4 N–H and O–H groups in total. The average molecular weight is 256 g/mol. The number of carbonyl (C=O) groups excluding carboxylic acids is 2. The van der Waals surface area contributed by atoms with Crippen molar-refractivity contribution in [2.24, 2.45) is 11.7 Å². The van der Waals surface area contributed by atoms with Gasteiger partial charge in [0, 0.05) is 12.6 Å². The molecule has 1 aliphatic heterocycles. The molecule has 1 fully saturated rings. The fourth-order valence-corrected chi connectivity index (χ4v) is 1.92. The third kappa shape index (κ3) is 4.62. The van der Waals surface area contributed by atoms with Crippen LogP contribution >= 0.6 is 0 Å². The topological polar surface area (TPSA) is 87.5 Å². The third-order valence-corrected chi connectivity index (χ3v) is 3.20. The van der Waals surface area contributed by atoms with Crippen LogP contribution in [0.25, 0.3) is 0 Å². The summed E-state index contributed by atoms with van der Waals surface area (Å²) in [6, 6.07) is -0.367. The number of hydrogen-bond acceptors (Lipinski definition) is 4. The van der Waals surface area contributed by atoms with Crippen molar-refractivity contribution in [3.05, 3.63) is 0 Å². The summed E-state index contributed by atoms with van der Waals surface area (Å²) in [5.41, 5.74) is 5.68. The number of nitrogens with two attached hydrogens (primary N) is 1. The lowest BCUT2D eigenvalue weighted by atomic mass is 10.1. The van der Waals surface area contributed by atoms with Gasteiger partial charge in [0.2, 0.25) is 11.8 Å². The van der Waals surface area contributed by atoms with Gasteiger partial charge in [-0.15, -0.1) is 0 Å². The highest BCUT2D eigenvalue weighted by atomic mass is 16.2. The summed E-state index contributed by atoms with van der Waals surface area (Å²) >= 11 is 0. The van der Waals surface area contributed by atoms with Crippen molar-refractivity contribution < 1.29 is 9.59 Å². The van der Waals surface area contributed by atoms with Gasteiger partial charge in [0.15, 0.2) is 0 Å². The van der Waals surface area contributed by atoms with Crippen molar-refractivity contribution in [2.45, 2.75) is 32.4 Å². The molecule has 0 bridgehead atoms. The molecule has 0 radical (unpaired) electrons. The molecule has 18 heavy (non-hydrogen) atoms. The number of rotatable bonds is 5. The molecule has 1 rings (SSSR count). The summed E-state index contributed by atoms with van der Waals surface area (Å²) in [5.74, 6) is -0.361. The zero-order valence-electron chi connectivity index (χ0n) is 11.4. The maximum atomic E-state index is 11.6. The SMILES string of the molecule is CC(C)[C@H](N)C(=O)NCC(=O)NC1CCN(C)C1. The molecule has 0 aliphatic carbocycles. The largest absolute Gasteiger partial charge is 0.350 e. The second-order valence-electron chi connectivity index (χ2n) is 5.30. The first-order valence-corrected chi connectivity index (χ1v) is 6.41. The van der Waals surface area contributed by atoms with Crippen molar-refractivity contribution in [1.29, 1.82) is 0 Å².